The van der Waals surface area contributed by atoms with E-state index in [1.54, 1.807) is 0 Å². The Hall–Kier alpha value is -0.610. The Morgan fingerprint density at radius 1 is 1.19 bits per heavy atom. The number of amides is 1. The number of aliphatic hydroxyl groups excluding tert-OH is 1. The van der Waals surface area contributed by atoms with Gasteiger partial charge in [-0.2, -0.15) is 0 Å². The number of aliphatic hydroxyl groups is 1. The van der Waals surface area contributed by atoms with Crippen molar-refractivity contribution in [3.8, 4) is 0 Å². The second kappa shape index (κ2) is 7.63. The summed E-state index contributed by atoms with van der Waals surface area (Å²) in [7, 11) is 0. The Labute approximate surface area is 98.8 Å². The molecular weight excluding hydrogens is 204 g/mol. The molecule has 0 aromatic carbocycles. The van der Waals surface area contributed by atoms with Crippen molar-refractivity contribution in [2.45, 2.75) is 59.2 Å². The molecule has 0 aromatic rings. The highest BCUT2D eigenvalue weighted by atomic mass is 16.3. The van der Waals surface area contributed by atoms with Crippen LogP contribution in [0, 0.1) is 5.92 Å². The Kier molecular flexibility index (Phi) is 7.34. The van der Waals surface area contributed by atoms with E-state index in [1.165, 1.54) is 0 Å². The molecule has 0 aliphatic heterocycles. The molecule has 0 fully saturated rings. The lowest BCUT2D eigenvalue weighted by Gasteiger charge is -2.26. The maximum atomic E-state index is 11.7. The number of rotatable bonds is 7. The van der Waals surface area contributed by atoms with Crippen LogP contribution in [-0.4, -0.2) is 35.7 Å². The largest absolute Gasteiger partial charge is 0.396 e. The minimum Gasteiger partial charge on any atom is -0.396 e. The molecule has 4 nitrogen and oxygen atoms in total. The fraction of sp³-hybridized carbons (Fsp3) is 0.917. The van der Waals surface area contributed by atoms with Crippen molar-refractivity contribution in [1.29, 1.82) is 0 Å². The molecule has 0 bridgehead atoms. The van der Waals surface area contributed by atoms with Crippen LogP contribution in [0.2, 0.25) is 0 Å². The summed E-state index contributed by atoms with van der Waals surface area (Å²) in [5.41, 5.74) is 0. The summed E-state index contributed by atoms with van der Waals surface area (Å²) < 4.78 is 0. The van der Waals surface area contributed by atoms with Gasteiger partial charge in [-0.1, -0.05) is 13.8 Å². The van der Waals surface area contributed by atoms with Gasteiger partial charge >= 0.3 is 0 Å². The minimum atomic E-state index is -0.221. The average molecular weight is 230 g/mol. The lowest BCUT2D eigenvalue weighted by molar-refractivity contribution is -0.123. The predicted octanol–water partition coefficient (Wildman–Crippen LogP) is 0.896. The number of hydrogen-bond donors (Lipinski definition) is 3. The monoisotopic (exact) mass is 230 g/mol. The van der Waals surface area contributed by atoms with Gasteiger partial charge in [0.1, 0.15) is 0 Å². The third kappa shape index (κ3) is 6.08. The predicted molar refractivity (Wildman–Crippen MR) is 66.2 cm³/mol. The van der Waals surface area contributed by atoms with Gasteiger partial charge in [0.2, 0.25) is 5.91 Å². The fourth-order valence-electron chi connectivity index (χ4n) is 1.55. The third-order valence-corrected chi connectivity index (χ3v) is 2.53. The van der Waals surface area contributed by atoms with Crippen molar-refractivity contribution < 1.29 is 9.90 Å². The molecular formula is C12H26N2O2. The molecule has 0 heterocycles. The highest BCUT2D eigenvalue weighted by Crippen LogP contribution is 2.06. The molecule has 0 saturated heterocycles. The van der Waals surface area contributed by atoms with Gasteiger partial charge in [-0.05, 0) is 33.1 Å². The van der Waals surface area contributed by atoms with Crippen LogP contribution in [-0.2, 0) is 4.79 Å². The molecule has 2 unspecified atom stereocenters. The molecule has 1 amide bonds. The van der Waals surface area contributed by atoms with E-state index in [1.807, 2.05) is 20.8 Å². The summed E-state index contributed by atoms with van der Waals surface area (Å²) >= 11 is 0. The van der Waals surface area contributed by atoms with E-state index < -0.39 is 0 Å². The first-order valence-corrected chi connectivity index (χ1v) is 6.05. The highest BCUT2D eigenvalue weighted by molar-refractivity contribution is 5.81. The molecule has 0 radical (unpaired) electrons. The van der Waals surface area contributed by atoms with Crippen LogP contribution in [0.4, 0.5) is 0 Å². The standard InChI is InChI=1S/C12H26N2O2/c1-8(2)11(6-7-15)14-10(5)12(16)13-9(3)4/h8-11,14-15H,6-7H2,1-5H3,(H,13,16). The SMILES string of the molecule is CC(C)NC(=O)C(C)NC(CCO)C(C)C. The number of nitrogens with one attached hydrogen (secondary N) is 2. The molecule has 0 saturated carbocycles. The van der Waals surface area contributed by atoms with Crippen molar-refractivity contribution in [2.24, 2.45) is 5.92 Å². The zero-order valence-corrected chi connectivity index (χ0v) is 11.1. The molecule has 4 heteroatoms. The van der Waals surface area contributed by atoms with Crippen molar-refractivity contribution in [2.75, 3.05) is 6.61 Å². The summed E-state index contributed by atoms with van der Waals surface area (Å²) in [5, 5.41) is 15.1. The van der Waals surface area contributed by atoms with Crippen LogP contribution in [0.15, 0.2) is 0 Å². The van der Waals surface area contributed by atoms with Crippen LogP contribution in [0.3, 0.4) is 0 Å². The van der Waals surface area contributed by atoms with Crippen molar-refractivity contribution in [3.05, 3.63) is 0 Å². The summed E-state index contributed by atoms with van der Waals surface area (Å²) in [4.78, 5) is 11.7. The van der Waals surface area contributed by atoms with Crippen LogP contribution in [0.25, 0.3) is 0 Å². The Bertz CT molecular complexity index is 205. The third-order valence-electron chi connectivity index (χ3n) is 2.53. The van der Waals surface area contributed by atoms with E-state index in [9.17, 15) is 4.79 Å². The van der Waals surface area contributed by atoms with Gasteiger partial charge in [-0.15, -0.1) is 0 Å². The quantitative estimate of drug-likeness (QED) is 0.609. The maximum absolute atomic E-state index is 11.7. The van der Waals surface area contributed by atoms with Gasteiger partial charge in [0.25, 0.3) is 0 Å². The second-order valence-electron chi connectivity index (χ2n) is 4.91. The van der Waals surface area contributed by atoms with E-state index in [0.29, 0.717) is 12.3 Å². The molecule has 3 N–H and O–H groups in total. The van der Waals surface area contributed by atoms with E-state index in [-0.39, 0.29) is 30.6 Å². The van der Waals surface area contributed by atoms with E-state index >= 15 is 0 Å². The van der Waals surface area contributed by atoms with Crippen LogP contribution < -0.4 is 10.6 Å². The number of carbonyl (C=O) groups excluding carboxylic acids is 1. The molecule has 96 valence electrons. The van der Waals surface area contributed by atoms with E-state index in [2.05, 4.69) is 24.5 Å². The highest BCUT2D eigenvalue weighted by Gasteiger charge is 2.19. The Morgan fingerprint density at radius 3 is 2.12 bits per heavy atom. The second-order valence-corrected chi connectivity index (χ2v) is 4.91. The van der Waals surface area contributed by atoms with Crippen molar-refractivity contribution >= 4 is 5.91 Å². The van der Waals surface area contributed by atoms with Gasteiger partial charge in [0, 0.05) is 18.7 Å². The minimum absolute atomic E-state index is 0.0126. The molecule has 0 aromatic heterocycles. The van der Waals surface area contributed by atoms with Gasteiger partial charge in [-0.25, -0.2) is 0 Å². The summed E-state index contributed by atoms with van der Waals surface area (Å²) in [6.07, 6.45) is 0.678. The number of carbonyl (C=O) groups is 1. The Morgan fingerprint density at radius 2 is 1.75 bits per heavy atom. The molecule has 0 aliphatic rings. The fourth-order valence-corrected chi connectivity index (χ4v) is 1.55. The molecule has 0 aliphatic carbocycles. The van der Waals surface area contributed by atoms with Gasteiger partial charge in [0.05, 0.1) is 6.04 Å². The molecule has 0 spiro atoms. The van der Waals surface area contributed by atoms with Gasteiger partial charge < -0.3 is 15.7 Å². The van der Waals surface area contributed by atoms with Gasteiger partial charge in [-0.3, -0.25) is 4.79 Å². The zero-order chi connectivity index (χ0) is 12.7. The first-order valence-electron chi connectivity index (χ1n) is 6.05. The Balaban J connectivity index is 4.17. The lowest BCUT2D eigenvalue weighted by Crippen LogP contribution is -2.49. The lowest BCUT2D eigenvalue weighted by atomic mass is 10.0. The first kappa shape index (κ1) is 15.4. The molecule has 2 atom stereocenters. The first-order chi connectivity index (χ1) is 7.38. The van der Waals surface area contributed by atoms with Crippen LogP contribution in [0.5, 0.6) is 0 Å². The smallest absolute Gasteiger partial charge is 0.237 e. The van der Waals surface area contributed by atoms with Crippen molar-refractivity contribution in [3.63, 3.8) is 0 Å². The summed E-state index contributed by atoms with van der Waals surface area (Å²) in [6, 6.07) is 0.117. The average Bonchev–Trinajstić information content (AvgIpc) is 2.15. The van der Waals surface area contributed by atoms with E-state index in [4.69, 9.17) is 5.11 Å². The topological polar surface area (TPSA) is 61.4 Å². The molecule has 16 heavy (non-hydrogen) atoms. The van der Waals surface area contributed by atoms with Crippen molar-refractivity contribution in [1.82, 2.24) is 10.6 Å². The van der Waals surface area contributed by atoms with Crippen LogP contribution in [0.1, 0.15) is 41.0 Å². The van der Waals surface area contributed by atoms with Gasteiger partial charge in [0.15, 0.2) is 0 Å². The zero-order valence-electron chi connectivity index (χ0n) is 11.1. The summed E-state index contributed by atoms with van der Waals surface area (Å²) in [6.45, 7) is 10.1. The maximum Gasteiger partial charge on any atom is 0.237 e. The van der Waals surface area contributed by atoms with Crippen LogP contribution >= 0.6 is 0 Å². The normalized spacial score (nSPS) is 15.2. The van der Waals surface area contributed by atoms with E-state index in [0.717, 1.165) is 0 Å². The molecule has 0 rings (SSSR count). The number of hydrogen-bond acceptors (Lipinski definition) is 3. The summed E-state index contributed by atoms with van der Waals surface area (Å²) in [5.74, 6) is 0.417.